The molecule has 2 aromatic carbocycles. The molecule has 0 aliphatic carbocycles. The molecular weight excluding hydrogens is 553 g/mol. The van der Waals surface area contributed by atoms with Gasteiger partial charge in [0.15, 0.2) is 0 Å². The Morgan fingerprint density at radius 3 is 2.33 bits per heavy atom. The molecule has 12 heteroatoms. The van der Waals surface area contributed by atoms with Gasteiger partial charge in [-0.3, -0.25) is 14.7 Å². The monoisotopic (exact) mass is 587 g/mol. The second kappa shape index (κ2) is 13.4. The lowest BCUT2D eigenvalue weighted by atomic mass is 10.1. The van der Waals surface area contributed by atoms with E-state index >= 15 is 0 Å². The van der Waals surface area contributed by atoms with Crippen molar-refractivity contribution in [2.75, 3.05) is 63.0 Å². The van der Waals surface area contributed by atoms with Crippen molar-refractivity contribution in [2.45, 2.75) is 26.4 Å². The van der Waals surface area contributed by atoms with E-state index in [-0.39, 0.29) is 15.7 Å². The van der Waals surface area contributed by atoms with Crippen molar-refractivity contribution < 1.29 is 14.3 Å². The quantitative estimate of drug-likeness (QED) is 0.327. The van der Waals surface area contributed by atoms with Gasteiger partial charge in [-0.2, -0.15) is 0 Å². The number of hydrogen-bond acceptors (Lipinski definition) is 8. The highest BCUT2D eigenvalue weighted by Gasteiger charge is 2.22. The van der Waals surface area contributed by atoms with E-state index in [1.54, 1.807) is 19.2 Å². The van der Waals surface area contributed by atoms with Crippen molar-refractivity contribution in [3.63, 3.8) is 0 Å². The molecular formula is C28H35Cl2N7O3. The van der Waals surface area contributed by atoms with Crippen LogP contribution in [-0.2, 0) is 6.54 Å². The molecule has 10 nitrogen and oxygen atoms in total. The lowest BCUT2D eigenvalue weighted by Crippen LogP contribution is -2.48. The summed E-state index contributed by atoms with van der Waals surface area (Å²) in [5.74, 6) is 1.55. The van der Waals surface area contributed by atoms with Crippen LogP contribution in [0.25, 0.3) is 0 Å². The maximum absolute atomic E-state index is 13.1. The summed E-state index contributed by atoms with van der Waals surface area (Å²) in [6.07, 6.45) is 1.40. The zero-order valence-electron chi connectivity index (χ0n) is 23.4. The van der Waals surface area contributed by atoms with Gasteiger partial charge < -0.3 is 20.1 Å². The fraction of sp³-hybridized carbons (Fsp3) is 0.393. The van der Waals surface area contributed by atoms with E-state index in [9.17, 15) is 4.79 Å². The van der Waals surface area contributed by atoms with Gasteiger partial charge in [0.1, 0.15) is 39.5 Å². The number of benzene rings is 2. The van der Waals surface area contributed by atoms with E-state index in [0.29, 0.717) is 29.2 Å². The molecule has 0 saturated carbocycles. The summed E-state index contributed by atoms with van der Waals surface area (Å²) < 4.78 is 10.6. The molecule has 4 rings (SSSR count). The first-order valence-corrected chi connectivity index (χ1v) is 13.7. The molecule has 0 bridgehead atoms. The molecule has 1 aromatic heterocycles. The number of carbonyl (C=O) groups is 1. The SMILES string of the molecule is COc1cc(OC)c(Cl)c(NC(=O)N(C)c2cc(Nc3cccc(CN4CCN(C(C)C)CC4)c3)ncn2)c1Cl. The van der Waals surface area contributed by atoms with Crippen molar-refractivity contribution >= 4 is 52.2 Å². The minimum atomic E-state index is -0.511. The van der Waals surface area contributed by atoms with Crippen LogP contribution in [-0.4, -0.2) is 79.3 Å². The predicted molar refractivity (Wildman–Crippen MR) is 161 cm³/mol. The number of halogens is 2. The van der Waals surface area contributed by atoms with Crippen molar-refractivity contribution in [3.05, 3.63) is 58.3 Å². The smallest absolute Gasteiger partial charge is 0.327 e. The molecule has 2 amide bonds. The van der Waals surface area contributed by atoms with Crippen LogP contribution in [0.4, 0.5) is 27.8 Å². The van der Waals surface area contributed by atoms with Crippen molar-refractivity contribution in [1.82, 2.24) is 19.8 Å². The Balaban J connectivity index is 1.43. The number of anilines is 4. The number of aromatic nitrogens is 2. The van der Waals surface area contributed by atoms with E-state index in [2.05, 4.69) is 56.4 Å². The molecule has 2 N–H and O–H groups in total. The summed E-state index contributed by atoms with van der Waals surface area (Å²) in [6, 6.07) is 11.6. The minimum Gasteiger partial charge on any atom is -0.495 e. The fourth-order valence-corrected chi connectivity index (χ4v) is 5.08. The summed E-state index contributed by atoms with van der Waals surface area (Å²) in [5, 5.41) is 6.36. The number of hydrogen-bond donors (Lipinski definition) is 2. The number of nitrogens with one attached hydrogen (secondary N) is 2. The Labute approximate surface area is 245 Å². The standard InChI is InChI=1S/C28H35Cl2N7O3/c1-18(2)37-11-9-36(10-12-37)16-19-7-6-8-20(13-19)33-23-15-24(32-17-31-23)35(3)28(38)34-27-25(29)21(39-4)14-22(40-5)26(27)30/h6-8,13-15,17-18H,9-12,16H2,1-5H3,(H,34,38)(H,31,32,33). The number of amides is 2. The maximum Gasteiger partial charge on any atom is 0.327 e. The minimum absolute atomic E-state index is 0.154. The van der Waals surface area contributed by atoms with Crippen LogP contribution in [0.2, 0.25) is 10.0 Å². The van der Waals surface area contributed by atoms with Gasteiger partial charge in [0.2, 0.25) is 0 Å². The third kappa shape index (κ3) is 7.06. The maximum atomic E-state index is 13.1. The van der Waals surface area contributed by atoms with E-state index < -0.39 is 6.03 Å². The first-order chi connectivity index (χ1) is 19.2. The molecule has 0 unspecified atom stereocenters. The zero-order chi connectivity index (χ0) is 28.8. The lowest BCUT2D eigenvalue weighted by Gasteiger charge is -2.37. The van der Waals surface area contributed by atoms with Crippen LogP contribution >= 0.6 is 23.2 Å². The molecule has 40 heavy (non-hydrogen) atoms. The predicted octanol–water partition coefficient (Wildman–Crippen LogP) is 5.74. The molecule has 3 aromatic rings. The third-order valence-corrected chi connectivity index (χ3v) is 7.60. The highest BCUT2D eigenvalue weighted by molar-refractivity contribution is 6.41. The van der Waals surface area contributed by atoms with E-state index in [1.165, 1.54) is 31.0 Å². The number of carbonyl (C=O) groups excluding carboxylic acids is 1. The summed E-state index contributed by atoms with van der Waals surface area (Å²) in [6.45, 7) is 9.67. The summed E-state index contributed by atoms with van der Waals surface area (Å²) in [5.41, 5.74) is 2.29. The van der Waals surface area contributed by atoms with E-state index in [4.69, 9.17) is 32.7 Å². The van der Waals surface area contributed by atoms with Gasteiger partial charge in [0, 0.05) is 63.6 Å². The molecule has 214 valence electrons. The molecule has 1 aliphatic rings. The second-order valence-electron chi connectivity index (χ2n) is 9.77. The lowest BCUT2D eigenvalue weighted by molar-refractivity contribution is 0.104. The van der Waals surface area contributed by atoms with Crippen LogP contribution in [0, 0.1) is 0 Å². The van der Waals surface area contributed by atoms with Crippen LogP contribution in [0.3, 0.4) is 0 Å². The Morgan fingerprint density at radius 2 is 1.70 bits per heavy atom. The average Bonchev–Trinajstić information content (AvgIpc) is 2.95. The molecule has 1 aliphatic heterocycles. The highest BCUT2D eigenvalue weighted by atomic mass is 35.5. The molecule has 0 radical (unpaired) electrons. The number of ether oxygens (including phenoxy) is 2. The Bertz CT molecular complexity index is 1310. The second-order valence-corrected chi connectivity index (χ2v) is 10.5. The van der Waals surface area contributed by atoms with Crippen molar-refractivity contribution in [1.29, 1.82) is 0 Å². The van der Waals surface area contributed by atoms with Gasteiger partial charge in [-0.15, -0.1) is 0 Å². The number of nitrogens with zero attached hydrogens (tertiary/aromatic N) is 5. The van der Waals surface area contributed by atoms with E-state index in [0.717, 1.165) is 38.4 Å². The van der Waals surface area contributed by atoms with Crippen LogP contribution in [0.15, 0.2) is 42.7 Å². The van der Waals surface area contributed by atoms with Gasteiger partial charge in [0.05, 0.1) is 19.9 Å². The summed E-state index contributed by atoms with van der Waals surface area (Å²) in [4.78, 5) is 28.0. The Kier molecular flexibility index (Phi) is 9.91. The van der Waals surface area contributed by atoms with E-state index in [1.807, 2.05) is 12.1 Å². The number of urea groups is 1. The number of methoxy groups -OCH3 is 2. The highest BCUT2D eigenvalue weighted by Crippen LogP contribution is 2.44. The van der Waals surface area contributed by atoms with Gasteiger partial charge in [-0.25, -0.2) is 14.8 Å². The number of rotatable bonds is 9. The molecule has 0 atom stereocenters. The van der Waals surface area contributed by atoms with Crippen LogP contribution < -0.4 is 25.0 Å². The first kappa shape index (κ1) is 29.7. The Hall–Kier alpha value is -3.31. The average molecular weight is 589 g/mol. The molecule has 1 fully saturated rings. The topological polar surface area (TPSA) is 95.1 Å². The Morgan fingerprint density at radius 1 is 1.02 bits per heavy atom. The van der Waals surface area contributed by atoms with Gasteiger partial charge >= 0.3 is 6.03 Å². The summed E-state index contributed by atoms with van der Waals surface area (Å²) in [7, 11) is 4.51. The van der Waals surface area contributed by atoms with Crippen molar-refractivity contribution in [2.24, 2.45) is 0 Å². The molecule has 1 saturated heterocycles. The number of piperazine rings is 1. The van der Waals surface area contributed by atoms with Gasteiger partial charge in [-0.1, -0.05) is 35.3 Å². The van der Waals surface area contributed by atoms with Gasteiger partial charge in [0.25, 0.3) is 0 Å². The molecule has 2 heterocycles. The van der Waals surface area contributed by atoms with Crippen LogP contribution in [0.5, 0.6) is 11.5 Å². The van der Waals surface area contributed by atoms with Crippen LogP contribution in [0.1, 0.15) is 19.4 Å². The largest absolute Gasteiger partial charge is 0.495 e. The zero-order valence-corrected chi connectivity index (χ0v) is 24.9. The molecule has 0 spiro atoms. The summed E-state index contributed by atoms with van der Waals surface area (Å²) >= 11 is 12.8. The van der Waals surface area contributed by atoms with Crippen molar-refractivity contribution in [3.8, 4) is 11.5 Å². The van der Waals surface area contributed by atoms with Gasteiger partial charge in [-0.05, 0) is 31.5 Å². The first-order valence-electron chi connectivity index (χ1n) is 13.0. The normalized spacial score (nSPS) is 14.2. The fourth-order valence-electron chi connectivity index (χ4n) is 4.48. The third-order valence-electron chi connectivity index (χ3n) is 6.85.